The van der Waals surface area contributed by atoms with Crippen LogP contribution in [0.3, 0.4) is 0 Å². The average Bonchev–Trinajstić information content (AvgIpc) is 2.73. The zero-order valence-corrected chi connectivity index (χ0v) is 16.6. The lowest BCUT2D eigenvalue weighted by molar-refractivity contribution is -0.123. The first-order chi connectivity index (χ1) is 13.7. The molecule has 0 heterocycles. The number of hydrogen-bond donors (Lipinski definition) is 1. The number of benzene rings is 3. The highest BCUT2D eigenvalue weighted by Crippen LogP contribution is 2.15. The van der Waals surface area contributed by atoms with E-state index in [1.807, 2.05) is 66.7 Å². The molecular formula is C22H19BrN2O3. The third-order valence-electron chi connectivity index (χ3n) is 3.71. The number of carbonyl (C=O) groups excluding carboxylic acids is 1. The van der Waals surface area contributed by atoms with Gasteiger partial charge in [0, 0.05) is 4.47 Å². The Hall–Kier alpha value is -3.12. The van der Waals surface area contributed by atoms with E-state index in [1.54, 1.807) is 18.3 Å². The topological polar surface area (TPSA) is 59.9 Å². The van der Waals surface area contributed by atoms with Gasteiger partial charge in [-0.25, -0.2) is 5.43 Å². The average molecular weight is 439 g/mol. The van der Waals surface area contributed by atoms with Crippen molar-refractivity contribution in [2.45, 2.75) is 6.61 Å². The fraction of sp³-hybridized carbons (Fsp3) is 0.0909. The molecule has 28 heavy (non-hydrogen) atoms. The molecule has 142 valence electrons. The summed E-state index contributed by atoms with van der Waals surface area (Å²) in [5.74, 6) is 1.08. The number of nitrogens with zero attached hydrogens (tertiary/aromatic N) is 1. The molecular weight excluding hydrogens is 420 g/mol. The molecule has 1 N–H and O–H groups in total. The van der Waals surface area contributed by atoms with Crippen molar-refractivity contribution in [2.75, 3.05) is 6.61 Å². The third-order valence-corrected chi connectivity index (χ3v) is 4.24. The molecule has 0 radical (unpaired) electrons. The summed E-state index contributed by atoms with van der Waals surface area (Å²) in [6, 6.07) is 24.6. The van der Waals surface area contributed by atoms with Crippen molar-refractivity contribution in [1.29, 1.82) is 0 Å². The number of hydrazone groups is 1. The summed E-state index contributed by atoms with van der Waals surface area (Å²) in [5, 5.41) is 3.94. The van der Waals surface area contributed by atoms with Crippen LogP contribution in [0, 0.1) is 0 Å². The van der Waals surface area contributed by atoms with Gasteiger partial charge in [0.1, 0.15) is 18.1 Å². The number of nitrogens with one attached hydrogen (secondary N) is 1. The Kier molecular flexibility index (Phi) is 7.21. The van der Waals surface area contributed by atoms with Crippen LogP contribution < -0.4 is 14.9 Å². The largest absolute Gasteiger partial charge is 0.489 e. The molecule has 0 saturated heterocycles. The van der Waals surface area contributed by atoms with E-state index < -0.39 is 0 Å². The highest BCUT2D eigenvalue weighted by atomic mass is 79.9. The summed E-state index contributed by atoms with van der Waals surface area (Å²) in [4.78, 5) is 11.7. The van der Waals surface area contributed by atoms with E-state index in [2.05, 4.69) is 26.5 Å². The van der Waals surface area contributed by atoms with Crippen molar-refractivity contribution < 1.29 is 14.3 Å². The van der Waals surface area contributed by atoms with Crippen LogP contribution in [0.25, 0.3) is 0 Å². The molecule has 1 amide bonds. The number of halogens is 1. The zero-order valence-electron chi connectivity index (χ0n) is 15.0. The van der Waals surface area contributed by atoms with Gasteiger partial charge in [-0.05, 0) is 59.7 Å². The van der Waals surface area contributed by atoms with Gasteiger partial charge in [-0.2, -0.15) is 5.10 Å². The summed E-state index contributed by atoms with van der Waals surface area (Å²) in [7, 11) is 0. The monoisotopic (exact) mass is 438 g/mol. The highest BCUT2D eigenvalue weighted by molar-refractivity contribution is 9.10. The quantitative estimate of drug-likeness (QED) is 0.414. The SMILES string of the molecule is O=C(COc1ccccc1)N/N=C\c1ccc(OCc2ccc(Br)cc2)cc1. The maximum Gasteiger partial charge on any atom is 0.277 e. The standard InChI is InChI=1S/C22H19BrN2O3/c23-19-10-6-18(7-11-19)15-27-21-12-8-17(9-13-21)14-24-25-22(26)16-28-20-4-2-1-3-5-20/h1-14H,15-16H2,(H,25,26)/b24-14-. The predicted molar refractivity (Wildman–Crippen MR) is 113 cm³/mol. The number of ether oxygens (including phenoxy) is 2. The van der Waals surface area contributed by atoms with Crippen molar-refractivity contribution >= 4 is 28.1 Å². The number of rotatable bonds is 8. The van der Waals surface area contributed by atoms with Crippen molar-refractivity contribution in [3.63, 3.8) is 0 Å². The van der Waals surface area contributed by atoms with Gasteiger partial charge in [-0.3, -0.25) is 4.79 Å². The molecule has 0 atom stereocenters. The van der Waals surface area contributed by atoms with Crippen LogP contribution in [0.5, 0.6) is 11.5 Å². The van der Waals surface area contributed by atoms with E-state index in [4.69, 9.17) is 9.47 Å². The van der Waals surface area contributed by atoms with Crippen LogP contribution in [-0.4, -0.2) is 18.7 Å². The van der Waals surface area contributed by atoms with Gasteiger partial charge in [0.25, 0.3) is 5.91 Å². The number of amides is 1. The fourth-order valence-electron chi connectivity index (χ4n) is 2.27. The molecule has 5 nitrogen and oxygen atoms in total. The van der Waals surface area contributed by atoms with Gasteiger partial charge in [-0.1, -0.05) is 46.3 Å². The summed E-state index contributed by atoms with van der Waals surface area (Å²) in [6.07, 6.45) is 1.57. The normalized spacial score (nSPS) is 10.6. The Labute approximate surface area is 172 Å². The summed E-state index contributed by atoms with van der Waals surface area (Å²) in [6.45, 7) is 0.405. The second kappa shape index (κ2) is 10.3. The van der Waals surface area contributed by atoms with E-state index in [0.717, 1.165) is 21.3 Å². The second-order valence-corrected chi connectivity index (χ2v) is 6.79. The number of hydrogen-bond acceptors (Lipinski definition) is 4. The number of para-hydroxylation sites is 1. The molecule has 0 aliphatic rings. The molecule has 0 spiro atoms. The van der Waals surface area contributed by atoms with Gasteiger partial charge in [0.2, 0.25) is 0 Å². The minimum Gasteiger partial charge on any atom is -0.489 e. The van der Waals surface area contributed by atoms with E-state index in [9.17, 15) is 4.79 Å². The summed E-state index contributed by atoms with van der Waals surface area (Å²) in [5.41, 5.74) is 4.38. The van der Waals surface area contributed by atoms with Crippen LogP contribution in [0.4, 0.5) is 0 Å². The van der Waals surface area contributed by atoms with Gasteiger partial charge in [0.15, 0.2) is 6.61 Å². The summed E-state index contributed by atoms with van der Waals surface area (Å²) < 4.78 is 12.1. The first kappa shape index (κ1) is 19.6. The van der Waals surface area contributed by atoms with E-state index in [1.165, 1.54) is 0 Å². The molecule has 0 aromatic heterocycles. The first-order valence-corrected chi connectivity index (χ1v) is 9.45. The van der Waals surface area contributed by atoms with E-state index in [-0.39, 0.29) is 12.5 Å². The Morgan fingerprint density at radius 1 is 0.893 bits per heavy atom. The van der Waals surface area contributed by atoms with Crippen LogP contribution in [0.15, 0.2) is 88.4 Å². The van der Waals surface area contributed by atoms with Gasteiger partial charge >= 0.3 is 0 Å². The lowest BCUT2D eigenvalue weighted by Gasteiger charge is -2.06. The maximum absolute atomic E-state index is 11.7. The Morgan fingerprint density at radius 3 is 2.29 bits per heavy atom. The van der Waals surface area contributed by atoms with Crippen molar-refractivity contribution in [3.05, 3.63) is 94.5 Å². The molecule has 0 bridgehead atoms. The second-order valence-electron chi connectivity index (χ2n) is 5.88. The Morgan fingerprint density at radius 2 is 1.57 bits per heavy atom. The Bertz CT molecular complexity index is 911. The number of carbonyl (C=O) groups is 1. The van der Waals surface area contributed by atoms with Gasteiger partial charge in [-0.15, -0.1) is 0 Å². The van der Waals surface area contributed by atoms with Gasteiger partial charge in [0.05, 0.1) is 6.21 Å². The van der Waals surface area contributed by atoms with Crippen LogP contribution in [0.2, 0.25) is 0 Å². The maximum atomic E-state index is 11.7. The molecule has 3 aromatic carbocycles. The molecule has 3 rings (SSSR count). The molecule has 0 unspecified atom stereocenters. The van der Waals surface area contributed by atoms with Gasteiger partial charge < -0.3 is 9.47 Å². The van der Waals surface area contributed by atoms with E-state index in [0.29, 0.717) is 12.4 Å². The zero-order chi connectivity index (χ0) is 19.6. The van der Waals surface area contributed by atoms with Crippen LogP contribution >= 0.6 is 15.9 Å². The Balaban J connectivity index is 1.41. The van der Waals surface area contributed by atoms with Crippen molar-refractivity contribution in [3.8, 4) is 11.5 Å². The first-order valence-electron chi connectivity index (χ1n) is 8.66. The van der Waals surface area contributed by atoms with Crippen molar-refractivity contribution in [2.24, 2.45) is 5.10 Å². The van der Waals surface area contributed by atoms with E-state index >= 15 is 0 Å². The fourth-order valence-corrected chi connectivity index (χ4v) is 2.54. The minimum absolute atomic E-state index is 0.0931. The lowest BCUT2D eigenvalue weighted by Crippen LogP contribution is -2.24. The molecule has 0 aliphatic heterocycles. The molecule has 0 aliphatic carbocycles. The molecule has 0 fully saturated rings. The predicted octanol–water partition coefficient (Wildman–Crippen LogP) is 4.56. The third kappa shape index (κ3) is 6.55. The highest BCUT2D eigenvalue weighted by Gasteiger charge is 2.01. The minimum atomic E-state index is -0.324. The van der Waals surface area contributed by atoms with Crippen LogP contribution in [0.1, 0.15) is 11.1 Å². The molecule has 3 aromatic rings. The molecule has 6 heteroatoms. The smallest absolute Gasteiger partial charge is 0.277 e. The summed E-state index contributed by atoms with van der Waals surface area (Å²) >= 11 is 3.41. The molecule has 0 saturated carbocycles. The lowest BCUT2D eigenvalue weighted by atomic mass is 10.2. The van der Waals surface area contributed by atoms with Crippen molar-refractivity contribution in [1.82, 2.24) is 5.43 Å². The van der Waals surface area contributed by atoms with Crippen LogP contribution in [-0.2, 0) is 11.4 Å².